The van der Waals surface area contributed by atoms with Crippen molar-refractivity contribution in [2.45, 2.75) is 33.2 Å². The van der Waals surface area contributed by atoms with Crippen molar-refractivity contribution >= 4 is 12.0 Å². The van der Waals surface area contributed by atoms with Gasteiger partial charge in [0.1, 0.15) is 0 Å². The maximum atomic E-state index is 11.6. The standard InChI is InChI=1S/C15H22N2O3/c1-3-12-4-6-13(7-5-12)10-17-15(20)16-9-11(2)8-14(18)19/h4-7,11H,3,8-10H2,1-2H3,(H,18,19)(H2,16,17,20). The molecule has 1 unspecified atom stereocenters. The van der Waals surface area contributed by atoms with Crippen molar-refractivity contribution in [3.8, 4) is 0 Å². The van der Waals surface area contributed by atoms with E-state index in [4.69, 9.17) is 5.11 Å². The molecular formula is C15H22N2O3. The molecule has 20 heavy (non-hydrogen) atoms. The number of urea groups is 1. The summed E-state index contributed by atoms with van der Waals surface area (Å²) in [7, 11) is 0. The third kappa shape index (κ3) is 6.22. The fourth-order valence-electron chi connectivity index (χ4n) is 1.77. The van der Waals surface area contributed by atoms with Gasteiger partial charge in [-0.1, -0.05) is 38.1 Å². The minimum atomic E-state index is -0.851. The van der Waals surface area contributed by atoms with Gasteiger partial charge in [0, 0.05) is 19.5 Å². The molecule has 0 aliphatic rings. The Morgan fingerprint density at radius 3 is 2.30 bits per heavy atom. The molecule has 1 atom stereocenters. The van der Waals surface area contributed by atoms with Crippen molar-refractivity contribution in [1.82, 2.24) is 10.6 Å². The first-order chi connectivity index (χ1) is 9.51. The summed E-state index contributed by atoms with van der Waals surface area (Å²) < 4.78 is 0. The van der Waals surface area contributed by atoms with Gasteiger partial charge < -0.3 is 15.7 Å². The lowest BCUT2D eigenvalue weighted by atomic mass is 10.1. The molecule has 0 aliphatic heterocycles. The van der Waals surface area contributed by atoms with Crippen LogP contribution in [0.15, 0.2) is 24.3 Å². The zero-order valence-corrected chi connectivity index (χ0v) is 12.0. The monoisotopic (exact) mass is 278 g/mol. The number of carboxylic acid groups (broad SMARTS) is 1. The highest BCUT2D eigenvalue weighted by Gasteiger charge is 2.09. The van der Waals surface area contributed by atoms with E-state index >= 15 is 0 Å². The van der Waals surface area contributed by atoms with E-state index in [1.807, 2.05) is 24.3 Å². The van der Waals surface area contributed by atoms with Gasteiger partial charge in [-0.3, -0.25) is 4.79 Å². The van der Waals surface area contributed by atoms with E-state index in [1.54, 1.807) is 6.92 Å². The van der Waals surface area contributed by atoms with E-state index in [2.05, 4.69) is 17.6 Å². The van der Waals surface area contributed by atoms with Crippen LogP contribution in [0, 0.1) is 5.92 Å². The largest absolute Gasteiger partial charge is 0.481 e. The predicted molar refractivity (Wildman–Crippen MR) is 77.5 cm³/mol. The Hall–Kier alpha value is -2.04. The van der Waals surface area contributed by atoms with Gasteiger partial charge in [-0.2, -0.15) is 0 Å². The van der Waals surface area contributed by atoms with Crippen LogP contribution in [0.25, 0.3) is 0 Å². The van der Waals surface area contributed by atoms with Gasteiger partial charge in [0.25, 0.3) is 0 Å². The van der Waals surface area contributed by atoms with Crippen molar-refractivity contribution in [1.29, 1.82) is 0 Å². The number of carbonyl (C=O) groups excluding carboxylic acids is 1. The molecule has 2 amide bonds. The second-order valence-electron chi connectivity index (χ2n) is 4.94. The second kappa shape index (κ2) is 8.19. The van der Waals surface area contributed by atoms with Crippen LogP contribution in [0.2, 0.25) is 0 Å². The van der Waals surface area contributed by atoms with E-state index in [1.165, 1.54) is 5.56 Å². The van der Waals surface area contributed by atoms with Gasteiger partial charge in [0.05, 0.1) is 0 Å². The maximum Gasteiger partial charge on any atom is 0.315 e. The fraction of sp³-hybridized carbons (Fsp3) is 0.467. The van der Waals surface area contributed by atoms with Crippen LogP contribution in [-0.2, 0) is 17.8 Å². The van der Waals surface area contributed by atoms with Gasteiger partial charge >= 0.3 is 12.0 Å². The van der Waals surface area contributed by atoms with Crippen LogP contribution < -0.4 is 10.6 Å². The number of carbonyl (C=O) groups is 2. The number of benzene rings is 1. The molecule has 5 nitrogen and oxygen atoms in total. The van der Waals surface area contributed by atoms with Crippen molar-refractivity contribution in [3.63, 3.8) is 0 Å². The van der Waals surface area contributed by atoms with Crippen LogP contribution in [0.5, 0.6) is 0 Å². The highest BCUT2D eigenvalue weighted by atomic mass is 16.4. The van der Waals surface area contributed by atoms with E-state index < -0.39 is 5.97 Å². The molecule has 0 fully saturated rings. The second-order valence-corrected chi connectivity index (χ2v) is 4.94. The Balaban J connectivity index is 2.26. The summed E-state index contributed by atoms with van der Waals surface area (Å²) in [6, 6.07) is 7.80. The lowest BCUT2D eigenvalue weighted by Crippen LogP contribution is -2.37. The number of aryl methyl sites for hydroxylation is 1. The Bertz CT molecular complexity index is 443. The Morgan fingerprint density at radius 2 is 1.75 bits per heavy atom. The highest BCUT2D eigenvalue weighted by Crippen LogP contribution is 2.04. The number of nitrogens with one attached hydrogen (secondary N) is 2. The third-order valence-corrected chi connectivity index (χ3v) is 3.02. The zero-order chi connectivity index (χ0) is 15.0. The predicted octanol–water partition coefficient (Wildman–Crippen LogP) is 2.16. The van der Waals surface area contributed by atoms with Gasteiger partial charge in [0.2, 0.25) is 0 Å². The average molecular weight is 278 g/mol. The zero-order valence-electron chi connectivity index (χ0n) is 12.0. The summed E-state index contributed by atoms with van der Waals surface area (Å²) in [5.74, 6) is -0.933. The van der Waals surface area contributed by atoms with Gasteiger partial charge in [-0.25, -0.2) is 4.79 Å². The van der Waals surface area contributed by atoms with Crippen molar-refractivity contribution in [2.24, 2.45) is 5.92 Å². The molecule has 3 N–H and O–H groups in total. The van der Waals surface area contributed by atoms with E-state index in [0.717, 1.165) is 12.0 Å². The molecule has 0 aliphatic carbocycles. The lowest BCUT2D eigenvalue weighted by molar-refractivity contribution is -0.137. The molecule has 1 rings (SSSR count). The van der Waals surface area contributed by atoms with Gasteiger partial charge in [-0.15, -0.1) is 0 Å². The Morgan fingerprint density at radius 1 is 1.15 bits per heavy atom. The first-order valence-corrected chi connectivity index (χ1v) is 6.82. The van der Waals surface area contributed by atoms with Gasteiger partial charge in [0.15, 0.2) is 0 Å². The minimum Gasteiger partial charge on any atom is -0.481 e. The summed E-state index contributed by atoms with van der Waals surface area (Å²) in [6.07, 6.45) is 1.05. The number of carboxylic acids is 1. The van der Waals surface area contributed by atoms with E-state index in [0.29, 0.717) is 13.1 Å². The molecule has 1 aromatic carbocycles. The summed E-state index contributed by atoms with van der Waals surface area (Å²) in [4.78, 5) is 22.0. The van der Waals surface area contributed by atoms with Crippen LogP contribution in [0.3, 0.4) is 0 Å². The molecule has 1 aromatic rings. The van der Waals surface area contributed by atoms with Crippen LogP contribution in [0.1, 0.15) is 31.4 Å². The first kappa shape index (κ1) is 16.0. The molecule has 5 heteroatoms. The number of hydrogen-bond acceptors (Lipinski definition) is 2. The molecule has 0 radical (unpaired) electrons. The van der Waals surface area contributed by atoms with Gasteiger partial charge in [-0.05, 0) is 23.5 Å². The minimum absolute atomic E-state index is 0.0543. The number of hydrogen-bond donors (Lipinski definition) is 3. The maximum absolute atomic E-state index is 11.6. The molecule has 0 heterocycles. The average Bonchev–Trinajstić information content (AvgIpc) is 2.42. The number of aliphatic carboxylic acids is 1. The molecule has 0 saturated carbocycles. The van der Waals surface area contributed by atoms with Crippen LogP contribution >= 0.6 is 0 Å². The van der Waals surface area contributed by atoms with E-state index in [-0.39, 0.29) is 18.4 Å². The molecule has 0 saturated heterocycles. The molecule has 0 aromatic heterocycles. The molecule has 110 valence electrons. The Kier molecular flexibility index (Phi) is 6.56. The molecule has 0 spiro atoms. The summed E-state index contributed by atoms with van der Waals surface area (Å²) >= 11 is 0. The first-order valence-electron chi connectivity index (χ1n) is 6.82. The lowest BCUT2D eigenvalue weighted by Gasteiger charge is -2.11. The third-order valence-electron chi connectivity index (χ3n) is 3.02. The molecule has 0 bridgehead atoms. The van der Waals surface area contributed by atoms with Crippen molar-refractivity contribution in [3.05, 3.63) is 35.4 Å². The smallest absolute Gasteiger partial charge is 0.315 e. The Labute approximate surface area is 119 Å². The number of amides is 2. The number of rotatable bonds is 7. The summed E-state index contributed by atoms with van der Waals surface area (Å²) in [5, 5.41) is 14.0. The normalized spacial score (nSPS) is 11.7. The van der Waals surface area contributed by atoms with Crippen LogP contribution in [-0.4, -0.2) is 23.7 Å². The van der Waals surface area contributed by atoms with E-state index in [9.17, 15) is 9.59 Å². The topological polar surface area (TPSA) is 78.4 Å². The summed E-state index contributed by atoms with van der Waals surface area (Å²) in [6.45, 7) is 4.70. The highest BCUT2D eigenvalue weighted by molar-refractivity contribution is 5.74. The fourth-order valence-corrected chi connectivity index (χ4v) is 1.77. The quantitative estimate of drug-likeness (QED) is 0.715. The molecular weight excluding hydrogens is 256 g/mol. The van der Waals surface area contributed by atoms with Crippen LogP contribution in [0.4, 0.5) is 4.79 Å². The van der Waals surface area contributed by atoms with Crippen molar-refractivity contribution in [2.75, 3.05) is 6.54 Å². The van der Waals surface area contributed by atoms with Crippen molar-refractivity contribution < 1.29 is 14.7 Å². The summed E-state index contributed by atoms with van der Waals surface area (Å²) in [5.41, 5.74) is 2.30. The SMILES string of the molecule is CCc1ccc(CNC(=O)NCC(C)CC(=O)O)cc1.